The molecule has 0 saturated heterocycles. The van der Waals surface area contributed by atoms with Crippen LogP contribution in [0.5, 0.6) is 5.75 Å². The molecule has 0 aliphatic heterocycles. The highest BCUT2D eigenvalue weighted by Crippen LogP contribution is 2.31. The van der Waals surface area contributed by atoms with Gasteiger partial charge in [-0.3, -0.25) is 13.9 Å². The van der Waals surface area contributed by atoms with Crippen molar-refractivity contribution < 1.29 is 22.7 Å². The lowest BCUT2D eigenvalue weighted by atomic mass is 10.1. The zero-order chi connectivity index (χ0) is 30.4. The number of hydrogen-bond donors (Lipinski definition) is 1. The highest BCUT2D eigenvalue weighted by atomic mass is 79.9. The van der Waals surface area contributed by atoms with Gasteiger partial charge < -0.3 is 15.0 Å². The van der Waals surface area contributed by atoms with Crippen LogP contribution in [0.1, 0.15) is 43.7 Å². The van der Waals surface area contributed by atoms with Crippen molar-refractivity contribution in [1.82, 2.24) is 10.2 Å². The number of aryl methyl sites for hydroxylation is 1. The molecule has 2 amide bonds. The summed E-state index contributed by atoms with van der Waals surface area (Å²) in [5.41, 5.74) is 2.09. The summed E-state index contributed by atoms with van der Waals surface area (Å²) in [6.07, 6.45) is 3.94. The second kappa shape index (κ2) is 14.1. The Morgan fingerprint density at radius 2 is 1.71 bits per heavy atom. The first-order valence-corrected chi connectivity index (χ1v) is 16.8. The monoisotopic (exact) mass is 719 g/mol. The van der Waals surface area contributed by atoms with Crippen LogP contribution in [0.3, 0.4) is 0 Å². The Bertz CT molecular complexity index is 1530. The molecule has 0 radical (unpaired) electrons. The van der Waals surface area contributed by atoms with Crippen molar-refractivity contribution in [1.29, 1.82) is 0 Å². The maximum atomic E-state index is 14.1. The third-order valence-electron chi connectivity index (χ3n) is 7.42. The molecule has 0 heterocycles. The Morgan fingerprint density at radius 3 is 2.33 bits per heavy atom. The zero-order valence-corrected chi connectivity index (χ0v) is 27.8. The van der Waals surface area contributed by atoms with Gasteiger partial charge in [0.15, 0.2) is 0 Å². The van der Waals surface area contributed by atoms with Crippen molar-refractivity contribution in [3.8, 4) is 5.75 Å². The Balaban J connectivity index is 1.70. The highest BCUT2D eigenvalue weighted by molar-refractivity contribution is 9.10. The summed E-state index contributed by atoms with van der Waals surface area (Å²) in [5.74, 6) is -0.274. The molecule has 11 heteroatoms. The fourth-order valence-electron chi connectivity index (χ4n) is 4.98. The van der Waals surface area contributed by atoms with Gasteiger partial charge in [-0.15, -0.1) is 0 Å². The first-order valence-electron chi connectivity index (χ1n) is 13.8. The van der Waals surface area contributed by atoms with Crippen LogP contribution in [-0.2, 0) is 26.2 Å². The van der Waals surface area contributed by atoms with E-state index >= 15 is 0 Å². The van der Waals surface area contributed by atoms with Gasteiger partial charge in [-0.25, -0.2) is 8.42 Å². The van der Waals surface area contributed by atoms with E-state index in [1.165, 1.54) is 24.1 Å². The van der Waals surface area contributed by atoms with E-state index in [0.717, 1.165) is 45.6 Å². The topological polar surface area (TPSA) is 96.0 Å². The second-order valence-electron chi connectivity index (χ2n) is 10.5. The van der Waals surface area contributed by atoms with E-state index in [9.17, 15) is 18.0 Å². The summed E-state index contributed by atoms with van der Waals surface area (Å²) in [7, 11) is -2.70. The summed E-state index contributed by atoms with van der Waals surface area (Å²) in [6.45, 7) is 3.22. The lowest BCUT2D eigenvalue weighted by molar-refractivity contribution is -0.139. The van der Waals surface area contributed by atoms with Crippen LogP contribution in [0.25, 0.3) is 0 Å². The molecule has 42 heavy (non-hydrogen) atoms. The standard InChI is InChI=1S/C31H35Br2N3O5S/c1-21-11-13-26(14-12-21)36(42(39,40)27-15-16-29(41-3)28(33)18-27)20-30(37)35(19-23-7-6-8-24(32)17-23)22(2)31(38)34-25-9-4-5-10-25/h6-8,11-18,22,25H,4-5,9-10,19-20H2,1-3H3,(H,34,38)/t22-/m1/s1. The average molecular weight is 722 g/mol. The van der Waals surface area contributed by atoms with Crippen LogP contribution in [-0.4, -0.2) is 50.9 Å². The number of nitrogens with zero attached hydrogens (tertiary/aromatic N) is 2. The summed E-state index contributed by atoms with van der Waals surface area (Å²) in [6, 6.07) is 18.1. The SMILES string of the molecule is COc1ccc(S(=O)(=O)N(CC(=O)N(Cc2cccc(Br)c2)[C@H](C)C(=O)NC2CCCC2)c2ccc(C)cc2)cc1Br. The molecule has 224 valence electrons. The summed E-state index contributed by atoms with van der Waals surface area (Å²) in [4.78, 5) is 28.9. The number of carbonyl (C=O) groups excluding carboxylic acids is 2. The fourth-order valence-corrected chi connectivity index (χ4v) is 7.56. The predicted molar refractivity (Wildman–Crippen MR) is 171 cm³/mol. The smallest absolute Gasteiger partial charge is 0.264 e. The van der Waals surface area contributed by atoms with E-state index in [0.29, 0.717) is 15.9 Å². The number of sulfonamides is 1. The number of amides is 2. The number of anilines is 1. The maximum absolute atomic E-state index is 14.1. The van der Waals surface area contributed by atoms with Crippen molar-refractivity contribution >= 4 is 59.4 Å². The normalized spacial score (nSPS) is 14.3. The summed E-state index contributed by atoms with van der Waals surface area (Å²) < 4.78 is 35.8. The Kier molecular flexibility index (Phi) is 10.7. The molecule has 3 aromatic rings. The van der Waals surface area contributed by atoms with Gasteiger partial charge in [0, 0.05) is 17.1 Å². The average Bonchev–Trinajstić information content (AvgIpc) is 3.47. The first kappa shape index (κ1) is 32.0. The Labute approximate surface area is 264 Å². The third-order valence-corrected chi connectivity index (χ3v) is 10.3. The molecule has 1 atom stereocenters. The molecule has 3 aromatic carbocycles. The molecular weight excluding hydrogens is 686 g/mol. The van der Waals surface area contributed by atoms with E-state index < -0.39 is 28.5 Å². The highest BCUT2D eigenvalue weighted by Gasteiger charge is 2.33. The number of ether oxygens (including phenoxy) is 1. The minimum atomic E-state index is -4.19. The number of halogens is 2. The van der Waals surface area contributed by atoms with Crippen molar-refractivity contribution in [2.45, 2.75) is 63.1 Å². The van der Waals surface area contributed by atoms with Gasteiger partial charge in [0.1, 0.15) is 18.3 Å². The Morgan fingerprint density at radius 1 is 1.02 bits per heavy atom. The number of rotatable bonds is 11. The molecule has 1 saturated carbocycles. The number of methoxy groups -OCH3 is 1. The lowest BCUT2D eigenvalue weighted by Gasteiger charge is -2.32. The van der Waals surface area contributed by atoms with Gasteiger partial charge >= 0.3 is 0 Å². The van der Waals surface area contributed by atoms with Crippen LogP contribution in [0, 0.1) is 6.92 Å². The van der Waals surface area contributed by atoms with E-state index in [1.54, 1.807) is 37.3 Å². The number of nitrogens with one attached hydrogen (secondary N) is 1. The molecular formula is C31H35Br2N3O5S. The van der Waals surface area contributed by atoms with E-state index in [2.05, 4.69) is 37.2 Å². The maximum Gasteiger partial charge on any atom is 0.264 e. The molecule has 1 aliphatic carbocycles. The van der Waals surface area contributed by atoms with Gasteiger partial charge in [-0.2, -0.15) is 0 Å². The molecule has 1 fully saturated rings. The Hall–Kier alpha value is -2.89. The van der Waals surface area contributed by atoms with E-state index in [-0.39, 0.29) is 23.4 Å². The van der Waals surface area contributed by atoms with Gasteiger partial charge in [-0.1, -0.05) is 58.6 Å². The molecule has 1 aliphatic rings. The molecule has 8 nitrogen and oxygen atoms in total. The van der Waals surface area contributed by atoms with E-state index in [1.807, 2.05) is 31.2 Å². The van der Waals surface area contributed by atoms with Crippen LogP contribution in [0.4, 0.5) is 5.69 Å². The first-order chi connectivity index (χ1) is 20.0. The van der Waals surface area contributed by atoms with Crippen LogP contribution >= 0.6 is 31.9 Å². The lowest BCUT2D eigenvalue weighted by Crippen LogP contribution is -2.52. The van der Waals surface area contributed by atoms with Crippen molar-refractivity contribution in [2.24, 2.45) is 0 Å². The largest absolute Gasteiger partial charge is 0.496 e. The van der Waals surface area contributed by atoms with Gasteiger partial charge in [0.05, 0.1) is 22.2 Å². The fraction of sp³-hybridized carbons (Fsp3) is 0.355. The van der Waals surface area contributed by atoms with Crippen molar-refractivity contribution in [2.75, 3.05) is 18.0 Å². The van der Waals surface area contributed by atoms with Gasteiger partial charge in [0.25, 0.3) is 10.0 Å². The molecule has 1 N–H and O–H groups in total. The predicted octanol–water partition coefficient (Wildman–Crippen LogP) is 6.20. The second-order valence-corrected chi connectivity index (χ2v) is 14.1. The van der Waals surface area contributed by atoms with Crippen LogP contribution < -0.4 is 14.4 Å². The minimum absolute atomic E-state index is 0.00545. The van der Waals surface area contributed by atoms with Crippen molar-refractivity contribution in [3.63, 3.8) is 0 Å². The quantitative estimate of drug-likeness (QED) is 0.255. The van der Waals surface area contributed by atoms with E-state index in [4.69, 9.17) is 4.74 Å². The minimum Gasteiger partial charge on any atom is -0.496 e. The number of benzene rings is 3. The zero-order valence-electron chi connectivity index (χ0n) is 23.8. The van der Waals surface area contributed by atoms with Gasteiger partial charge in [0.2, 0.25) is 11.8 Å². The molecule has 0 unspecified atom stereocenters. The number of carbonyl (C=O) groups is 2. The number of hydrogen-bond acceptors (Lipinski definition) is 5. The molecule has 0 aromatic heterocycles. The molecule has 4 rings (SSSR count). The summed E-state index contributed by atoms with van der Waals surface area (Å²) in [5, 5.41) is 3.08. The molecule has 0 spiro atoms. The molecule has 0 bridgehead atoms. The van der Waals surface area contributed by atoms with Crippen molar-refractivity contribution in [3.05, 3.63) is 86.8 Å². The summed E-state index contributed by atoms with van der Waals surface area (Å²) >= 11 is 6.85. The van der Waals surface area contributed by atoms with Crippen LogP contribution in [0.2, 0.25) is 0 Å². The van der Waals surface area contributed by atoms with Gasteiger partial charge in [-0.05, 0) is 90.6 Å². The third kappa shape index (κ3) is 7.73. The van der Waals surface area contributed by atoms with Crippen LogP contribution in [0.15, 0.2) is 80.6 Å².